The fraction of sp³-hybridized carbons (Fsp3) is 0.273. The topological polar surface area (TPSA) is 77.8 Å². The SMILES string of the molecule is NCCc1nc(N)c2ccc(C(F)(F)F)cc2n1. The van der Waals surface area contributed by atoms with Crippen molar-refractivity contribution < 1.29 is 13.2 Å². The first-order chi connectivity index (χ1) is 8.41. The third-order valence-corrected chi connectivity index (χ3v) is 2.47. The van der Waals surface area contributed by atoms with E-state index < -0.39 is 11.7 Å². The van der Waals surface area contributed by atoms with Gasteiger partial charge < -0.3 is 11.5 Å². The van der Waals surface area contributed by atoms with Crippen LogP contribution < -0.4 is 11.5 Å². The molecule has 0 saturated heterocycles. The van der Waals surface area contributed by atoms with Gasteiger partial charge in [-0.25, -0.2) is 9.97 Å². The van der Waals surface area contributed by atoms with E-state index in [9.17, 15) is 13.2 Å². The summed E-state index contributed by atoms with van der Waals surface area (Å²) in [4.78, 5) is 8.02. The molecule has 4 N–H and O–H groups in total. The summed E-state index contributed by atoms with van der Waals surface area (Å²) in [5.41, 5.74) is 10.4. The molecule has 0 unspecified atom stereocenters. The van der Waals surface area contributed by atoms with Crippen LogP contribution in [0.1, 0.15) is 11.4 Å². The fourth-order valence-corrected chi connectivity index (χ4v) is 1.62. The molecule has 1 aromatic heterocycles. The molecule has 0 atom stereocenters. The number of rotatable bonds is 2. The Hall–Kier alpha value is -1.89. The molecule has 0 aliphatic rings. The van der Waals surface area contributed by atoms with Crippen LogP contribution in [0.3, 0.4) is 0 Å². The Bertz CT molecular complexity index is 580. The van der Waals surface area contributed by atoms with E-state index >= 15 is 0 Å². The van der Waals surface area contributed by atoms with Gasteiger partial charge in [-0.15, -0.1) is 0 Å². The van der Waals surface area contributed by atoms with E-state index in [4.69, 9.17) is 11.5 Å². The average Bonchev–Trinajstić information content (AvgIpc) is 2.27. The molecule has 0 spiro atoms. The lowest BCUT2D eigenvalue weighted by atomic mass is 10.1. The first kappa shape index (κ1) is 12.6. The first-order valence-corrected chi connectivity index (χ1v) is 5.25. The molecular formula is C11H11F3N4. The van der Waals surface area contributed by atoms with E-state index in [0.29, 0.717) is 24.2 Å². The van der Waals surface area contributed by atoms with Crippen LogP contribution in [-0.2, 0) is 12.6 Å². The van der Waals surface area contributed by atoms with E-state index in [1.807, 2.05) is 0 Å². The zero-order chi connectivity index (χ0) is 13.3. The van der Waals surface area contributed by atoms with Gasteiger partial charge in [0.2, 0.25) is 0 Å². The molecule has 0 amide bonds. The van der Waals surface area contributed by atoms with Crippen LogP contribution in [0.4, 0.5) is 19.0 Å². The predicted octanol–water partition coefficient (Wildman–Crippen LogP) is 1.73. The lowest BCUT2D eigenvalue weighted by Crippen LogP contribution is -2.09. The number of hydrogen-bond donors (Lipinski definition) is 2. The van der Waals surface area contributed by atoms with Crippen LogP contribution in [0, 0.1) is 0 Å². The highest BCUT2D eigenvalue weighted by molar-refractivity contribution is 5.88. The van der Waals surface area contributed by atoms with Gasteiger partial charge in [-0.1, -0.05) is 0 Å². The fourth-order valence-electron chi connectivity index (χ4n) is 1.62. The maximum atomic E-state index is 12.6. The van der Waals surface area contributed by atoms with Gasteiger partial charge in [-0.2, -0.15) is 13.2 Å². The Morgan fingerprint density at radius 1 is 1.17 bits per heavy atom. The molecule has 0 radical (unpaired) electrons. The minimum Gasteiger partial charge on any atom is -0.383 e. The second-order valence-corrected chi connectivity index (χ2v) is 3.79. The highest BCUT2D eigenvalue weighted by Crippen LogP contribution is 2.31. The number of hydrogen-bond acceptors (Lipinski definition) is 4. The number of nitrogen functional groups attached to an aromatic ring is 1. The monoisotopic (exact) mass is 256 g/mol. The highest BCUT2D eigenvalue weighted by atomic mass is 19.4. The first-order valence-electron chi connectivity index (χ1n) is 5.25. The van der Waals surface area contributed by atoms with Crippen molar-refractivity contribution in [2.45, 2.75) is 12.6 Å². The van der Waals surface area contributed by atoms with Crippen LogP contribution >= 0.6 is 0 Å². The van der Waals surface area contributed by atoms with Crippen molar-refractivity contribution in [1.82, 2.24) is 9.97 Å². The Morgan fingerprint density at radius 2 is 1.89 bits per heavy atom. The lowest BCUT2D eigenvalue weighted by molar-refractivity contribution is -0.137. The summed E-state index contributed by atoms with van der Waals surface area (Å²) < 4.78 is 37.7. The normalized spacial score (nSPS) is 12.0. The van der Waals surface area contributed by atoms with Crippen molar-refractivity contribution in [3.8, 4) is 0 Å². The number of alkyl halides is 3. The van der Waals surface area contributed by atoms with Gasteiger partial charge in [-0.3, -0.25) is 0 Å². The highest BCUT2D eigenvalue weighted by Gasteiger charge is 2.30. The molecule has 2 aromatic rings. The average molecular weight is 256 g/mol. The van der Waals surface area contributed by atoms with E-state index in [2.05, 4.69) is 9.97 Å². The zero-order valence-electron chi connectivity index (χ0n) is 9.33. The van der Waals surface area contributed by atoms with Gasteiger partial charge in [0.1, 0.15) is 11.6 Å². The molecule has 7 heteroatoms. The molecule has 0 bridgehead atoms. The lowest BCUT2D eigenvalue weighted by Gasteiger charge is -2.09. The van der Waals surface area contributed by atoms with Crippen molar-refractivity contribution in [3.05, 3.63) is 29.6 Å². The van der Waals surface area contributed by atoms with Gasteiger partial charge in [0.15, 0.2) is 0 Å². The van der Waals surface area contributed by atoms with Crippen LogP contribution in [0.25, 0.3) is 10.9 Å². The molecule has 1 heterocycles. The second-order valence-electron chi connectivity index (χ2n) is 3.79. The molecule has 0 fully saturated rings. The maximum absolute atomic E-state index is 12.6. The molecule has 0 aliphatic heterocycles. The molecular weight excluding hydrogens is 245 g/mol. The smallest absolute Gasteiger partial charge is 0.383 e. The molecule has 2 rings (SSSR count). The summed E-state index contributed by atoms with van der Waals surface area (Å²) in [5, 5.41) is 0.406. The number of aromatic nitrogens is 2. The Balaban J connectivity index is 2.60. The van der Waals surface area contributed by atoms with Gasteiger partial charge in [-0.05, 0) is 24.7 Å². The van der Waals surface area contributed by atoms with Crippen LogP contribution in [0.5, 0.6) is 0 Å². The number of benzene rings is 1. The third-order valence-electron chi connectivity index (χ3n) is 2.47. The van der Waals surface area contributed by atoms with Crippen molar-refractivity contribution in [3.63, 3.8) is 0 Å². The molecule has 18 heavy (non-hydrogen) atoms. The molecule has 0 aliphatic carbocycles. The van der Waals surface area contributed by atoms with Gasteiger partial charge >= 0.3 is 6.18 Å². The van der Waals surface area contributed by atoms with E-state index in [1.165, 1.54) is 6.07 Å². The van der Waals surface area contributed by atoms with E-state index in [-0.39, 0.29) is 11.3 Å². The number of fused-ring (bicyclic) bond motifs is 1. The van der Waals surface area contributed by atoms with Gasteiger partial charge in [0, 0.05) is 11.8 Å². The molecule has 4 nitrogen and oxygen atoms in total. The Morgan fingerprint density at radius 3 is 2.50 bits per heavy atom. The quantitative estimate of drug-likeness (QED) is 0.857. The van der Waals surface area contributed by atoms with Gasteiger partial charge in [0.25, 0.3) is 0 Å². The molecule has 0 saturated carbocycles. The Labute approximate surface area is 101 Å². The third kappa shape index (κ3) is 2.35. The van der Waals surface area contributed by atoms with Gasteiger partial charge in [0.05, 0.1) is 11.1 Å². The molecule has 96 valence electrons. The number of anilines is 1. The minimum atomic E-state index is -4.40. The summed E-state index contributed by atoms with van der Waals surface area (Å²) in [5.74, 6) is 0.513. The Kier molecular flexibility index (Phi) is 3.08. The van der Waals surface area contributed by atoms with Crippen LogP contribution in [-0.4, -0.2) is 16.5 Å². The van der Waals surface area contributed by atoms with Crippen LogP contribution in [0.2, 0.25) is 0 Å². The van der Waals surface area contributed by atoms with E-state index in [0.717, 1.165) is 12.1 Å². The number of halogens is 3. The summed E-state index contributed by atoms with van der Waals surface area (Å²) >= 11 is 0. The number of nitrogens with zero attached hydrogens (tertiary/aromatic N) is 2. The van der Waals surface area contributed by atoms with Crippen molar-refractivity contribution >= 4 is 16.7 Å². The standard InChI is InChI=1S/C11H11F3N4/c12-11(13,14)6-1-2-7-8(5-6)17-9(3-4-15)18-10(7)16/h1-2,5H,3-4,15H2,(H2,16,17,18). The predicted molar refractivity (Wildman–Crippen MR) is 61.7 cm³/mol. The summed E-state index contributed by atoms with van der Waals surface area (Å²) in [6.45, 7) is 0.309. The largest absolute Gasteiger partial charge is 0.416 e. The minimum absolute atomic E-state index is 0.164. The number of nitrogens with two attached hydrogens (primary N) is 2. The van der Waals surface area contributed by atoms with Crippen molar-refractivity contribution in [2.75, 3.05) is 12.3 Å². The maximum Gasteiger partial charge on any atom is 0.416 e. The second kappa shape index (κ2) is 4.41. The van der Waals surface area contributed by atoms with E-state index in [1.54, 1.807) is 0 Å². The summed E-state index contributed by atoms with van der Waals surface area (Å²) in [7, 11) is 0. The molecule has 1 aromatic carbocycles. The summed E-state index contributed by atoms with van der Waals surface area (Å²) in [6.07, 6.45) is -4.03. The van der Waals surface area contributed by atoms with Crippen LogP contribution in [0.15, 0.2) is 18.2 Å². The van der Waals surface area contributed by atoms with Crippen molar-refractivity contribution in [2.24, 2.45) is 5.73 Å². The van der Waals surface area contributed by atoms with Crippen molar-refractivity contribution in [1.29, 1.82) is 0 Å². The zero-order valence-corrected chi connectivity index (χ0v) is 9.33. The summed E-state index contributed by atoms with van der Waals surface area (Å²) in [6, 6.07) is 3.21.